The molecule has 7 nitrogen and oxygen atoms in total. The third kappa shape index (κ3) is 5.30. The van der Waals surface area contributed by atoms with Gasteiger partial charge in [-0.25, -0.2) is 9.97 Å². The Morgan fingerprint density at radius 3 is 2.97 bits per heavy atom. The van der Waals surface area contributed by atoms with Crippen molar-refractivity contribution in [2.24, 2.45) is 4.99 Å². The normalized spacial score (nSPS) is 16.7. The first-order valence-electron chi connectivity index (χ1n) is 9.49. The van der Waals surface area contributed by atoms with Crippen LogP contribution in [0, 0.1) is 0 Å². The third-order valence-corrected chi connectivity index (χ3v) is 5.18. The number of hydrogen-bond acceptors (Lipinski definition) is 4. The maximum atomic E-state index is 6.27. The lowest BCUT2D eigenvalue weighted by Gasteiger charge is -2.20. The summed E-state index contributed by atoms with van der Waals surface area (Å²) in [5, 5.41) is 7.56. The van der Waals surface area contributed by atoms with Gasteiger partial charge in [-0.3, -0.25) is 4.99 Å². The van der Waals surface area contributed by atoms with E-state index < -0.39 is 0 Å². The summed E-state index contributed by atoms with van der Waals surface area (Å²) in [7, 11) is 1.79. The highest BCUT2D eigenvalue weighted by molar-refractivity contribution is 14.0. The molecular weight excluding hydrogens is 501 g/mol. The van der Waals surface area contributed by atoms with Gasteiger partial charge in [-0.2, -0.15) is 0 Å². The van der Waals surface area contributed by atoms with E-state index in [1.807, 2.05) is 36.4 Å². The standard InChI is InChI=1S/C20H24ClN7.HI/c1-22-20(24-11-8-18-26-16-6-2-3-7-17(16)27-18)25-14-9-12-28(13-14)19-15(21)5-4-10-23-19;/h2-7,10,14H,8-9,11-13H2,1H3,(H,26,27)(H2,22,24,25);1H. The lowest BCUT2D eigenvalue weighted by Crippen LogP contribution is -2.45. The van der Waals surface area contributed by atoms with Gasteiger partial charge in [0.05, 0.1) is 16.1 Å². The van der Waals surface area contributed by atoms with Crippen LogP contribution in [0.4, 0.5) is 5.82 Å². The molecule has 0 saturated carbocycles. The predicted molar refractivity (Wildman–Crippen MR) is 130 cm³/mol. The Morgan fingerprint density at radius 2 is 2.17 bits per heavy atom. The first kappa shape index (κ1) is 21.6. The van der Waals surface area contributed by atoms with Crippen molar-refractivity contribution >= 4 is 58.4 Å². The minimum atomic E-state index is 0. The summed E-state index contributed by atoms with van der Waals surface area (Å²) in [6.07, 6.45) is 3.59. The van der Waals surface area contributed by atoms with Crippen LogP contribution in [0.15, 0.2) is 47.6 Å². The van der Waals surface area contributed by atoms with Crippen LogP contribution >= 0.6 is 35.6 Å². The maximum Gasteiger partial charge on any atom is 0.191 e. The van der Waals surface area contributed by atoms with Crippen molar-refractivity contribution in [3.8, 4) is 0 Å². The lowest BCUT2D eigenvalue weighted by molar-refractivity contribution is 0.646. The molecule has 1 aliphatic rings. The van der Waals surface area contributed by atoms with Crippen molar-refractivity contribution in [3.05, 3.63) is 53.4 Å². The molecule has 3 heterocycles. The van der Waals surface area contributed by atoms with Gasteiger partial charge < -0.3 is 20.5 Å². The fourth-order valence-corrected chi connectivity index (χ4v) is 3.73. The quantitative estimate of drug-likeness (QED) is 0.271. The van der Waals surface area contributed by atoms with E-state index in [-0.39, 0.29) is 24.0 Å². The molecule has 3 N–H and O–H groups in total. The van der Waals surface area contributed by atoms with Crippen LogP contribution in [0.25, 0.3) is 11.0 Å². The van der Waals surface area contributed by atoms with Gasteiger partial charge >= 0.3 is 0 Å². The molecule has 1 saturated heterocycles. The second kappa shape index (κ2) is 10.1. The molecule has 0 aliphatic carbocycles. The van der Waals surface area contributed by atoms with Gasteiger partial charge in [-0.15, -0.1) is 24.0 Å². The monoisotopic (exact) mass is 525 g/mol. The number of aromatic amines is 1. The van der Waals surface area contributed by atoms with Gasteiger partial charge in [0, 0.05) is 45.3 Å². The van der Waals surface area contributed by atoms with Crippen LogP contribution in [-0.2, 0) is 6.42 Å². The molecule has 1 fully saturated rings. The summed E-state index contributed by atoms with van der Waals surface area (Å²) in [6.45, 7) is 2.52. The molecule has 1 unspecified atom stereocenters. The molecule has 154 valence electrons. The Bertz CT molecular complexity index is 941. The van der Waals surface area contributed by atoms with E-state index in [9.17, 15) is 0 Å². The molecule has 0 amide bonds. The number of fused-ring (bicyclic) bond motifs is 1. The molecule has 4 rings (SSSR count). The molecule has 0 bridgehead atoms. The Balaban J connectivity index is 0.00000240. The van der Waals surface area contributed by atoms with E-state index in [0.717, 1.165) is 61.1 Å². The van der Waals surface area contributed by atoms with E-state index in [4.69, 9.17) is 11.6 Å². The van der Waals surface area contributed by atoms with Gasteiger partial charge in [0.15, 0.2) is 5.96 Å². The number of H-pyrrole nitrogens is 1. The fraction of sp³-hybridized carbons (Fsp3) is 0.350. The third-order valence-electron chi connectivity index (χ3n) is 4.88. The molecule has 0 radical (unpaired) electrons. The van der Waals surface area contributed by atoms with E-state index in [0.29, 0.717) is 11.1 Å². The lowest BCUT2D eigenvalue weighted by atomic mass is 10.3. The predicted octanol–water partition coefficient (Wildman–Crippen LogP) is 3.22. The Kier molecular flexibility index (Phi) is 7.54. The van der Waals surface area contributed by atoms with Gasteiger partial charge in [-0.05, 0) is 30.7 Å². The first-order chi connectivity index (χ1) is 13.7. The number of nitrogens with zero attached hydrogens (tertiary/aromatic N) is 4. The summed E-state index contributed by atoms with van der Waals surface area (Å²) >= 11 is 6.27. The van der Waals surface area contributed by atoms with Crippen molar-refractivity contribution in [1.29, 1.82) is 0 Å². The smallest absolute Gasteiger partial charge is 0.191 e. The molecule has 1 atom stereocenters. The summed E-state index contributed by atoms with van der Waals surface area (Å²) in [5.74, 6) is 2.62. The summed E-state index contributed by atoms with van der Waals surface area (Å²) in [4.78, 5) is 18.9. The number of pyridine rings is 1. The molecule has 3 aromatic rings. The number of anilines is 1. The molecular formula is C20H25ClIN7. The van der Waals surface area contributed by atoms with Crippen molar-refractivity contribution < 1.29 is 0 Å². The number of nitrogens with one attached hydrogen (secondary N) is 3. The van der Waals surface area contributed by atoms with E-state index in [1.165, 1.54) is 0 Å². The molecule has 9 heteroatoms. The zero-order valence-corrected chi connectivity index (χ0v) is 19.3. The van der Waals surface area contributed by atoms with Crippen molar-refractivity contribution in [1.82, 2.24) is 25.6 Å². The second-order valence-corrected chi connectivity index (χ2v) is 7.24. The highest BCUT2D eigenvalue weighted by Gasteiger charge is 2.25. The van der Waals surface area contributed by atoms with Gasteiger partial charge in [-0.1, -0.05) is 23.7 Å². The highest BCUT2D eigenvalue weighted by Crippen LogP contribution is 2.25. The number of aromatic nitrogens is 3. The van der Waals surface area contributed by atoms with Gasteiger partial charge in [0.25, 0.3) is 0 Å². The fourth-order valence-electron chi connectivity index (χ4n) is 3.49. The maximum absolute atomic E-state index is 6.27. The minimum absolute atomic E-state index is 0. The van der Waals surface area contributed by atoms with Gasteiger partial charge in [0.1, 0.15) is 11.6 Å². The number of hydrogen-bond donors (Lipinski definition) is 3. The summed E-state index contributed by atoms with van der Waals surface area (Å²) < 4.78 is 0. The number of para-hydroxylation sites is 2. The van der Waals surface area contributed by atoms with Crippen LogP contribution in [0.3, 0.4) is 0 Å². The molecule has 1 aliphatic heterocycles. The average molecular weight is 526 g/mol. The van der Waals surface area contributed by atoms with Crippen LogP contribution in [0.1, 0.15) is 12.2 Å². The van der Waals surface area contributed by atoms with Gasteiger partial charge in [0.2, 0.25) is 0 Å². The van der Waals surface area contributed by atoms with E-state index >= 15 is 0 Å². The van der Waals surface area contributed by atoms with Crippen LogP contribution in [0.5, 0.6) is 0 Å². The SMILES string of the molecule is CN=C(NCCc1nc2ccccc2[nH]1)NC1CCN(c2ncccc2Cl)C1.I. The number of imidazole rings is 1. The largest absolute Gasteiger partial charge is 0.356 e. The minimum Gasteiger partial charge on any atom is -0.356 e. The van der Waals surface area contributed by atoms with Crippen molar-refractivity contribution in [2.45, 2.75) is 18.9 Å². The van der Waals surface area contributed by atoms with Crippen molar-refractivity contribution in [2.75, 3.05) is 31.6 Å². The molecule has 2 aromatic heterocycles. The van der Waals surface area contributed by atoms with E-state index in [2.05, 4.69) is 35.5 Å². The topological polar surface area (TPSA) is 81.2 Å². The molecule has 1 aromatic carbocycles. The zero-order chi connectivity index (χ0) is 19.3. The number of guanidine groups is 1. The summed E-state index contributed by atoms with van der Waals surface area (Å²) in [6, 6.07) is 12.1. The summed E-state index contributed by atoms with van der Waals surface area (Å²) in [5.41, 5.74) is 2.07. The zero-order valence-electron chi connectivity index (χ0n) is 16.2. The number of aliphatic imine (C=N–C) groups is 1. The van der Waals surface area contributed by atoms with Crippen LogP contribution in [0.2, 0.25) is 5.02 Å². The second-order valence-electron chi connectivity index (χ2n) is 6.83. The van der Waals surface area contributed by atoms with Crippen molar-refractivity contribution in [3.63, 3.8) is 0 Å². The Hall–Kier alpha value is -2.07. The molecule has 0 spiro atoms. The average Bonchev–Trinajstić information content (AvgIpc) is 3.34. The van der Waals surface area contributed by atoms with Crippen LogP contribution < -0.4 is 15.5 Å². The van der Waals surface area contributed by atoms with Crippen LogP contribution in [-0.4, -0.2) is 53.6 Å². The Morgan fingerprint density at radius 1 is 1.31 bits per heavy atom. The highest BCUT2D eigenvalue weighted by atomic mass is 127. The number of rotatable bonds is 5. The van der Waals surface area contributed by atoms with E-state index in [1.54, 1.807) is 13.2 Å². The molecule has 29 heavy (non-hydrogen) atoms. The first-order valence-corrected chi connectivity index (χ1v) is 9.87. The Labute approximate surface area is 192 Å². The number of halogens is 2. The number of benzene rings is 1.